The number of hydrogen-bond donors (Lipinski definition) is 2. The highest BCUT2D eigenvalue weighted by atomic mass is 79.9. The van der Waals surface area contributed by atoms with Crippen LogP contribution in [0.15, 0.2) is 35.1 Å². The quantitative estimate of drug-likeness (QED) is 0.840. The SMILES string of the molecule is CC(NCc1cc(Br)ccc1OC(F)F)c1cn[nH]c1. The second-order valence-electron chi connectivity index (χ2n) is 4.26. The monoisotopic (exact) mass is 345 g/mol. The van der Waals surface area contributed by atoms with Gasteiger partial charge in [0.2, 0.25) is 0 Å². The molecule has 0 fully saturated rings. The molecular formula is C13H14BrF2N3O. The first-order valence-corrected chi connectivity index (χ1v) is 6.81. The maximum absolute atomic E-state index is 12.4. The van der Waals surface area contributed by atoms with Gasteiger partial charge in [0, 0.05) is 34.4 Å². The van der Waals surface area contributed by atoms with Gasteiger partial charge in [0.25, 0.3) is 0 Å². The molecule has 0 aliphatic rings. The Morgan fingerprint density at radius 3 is 2.90 bits per heavy atom. The van der Waals surface area contributed by atoms with Crippen molar-refractivity contribution >= 4 is 15.9 Å². The fourth-order valence-electron chi connectivity index (χ4n) is 1.78. The van der Waals surface area contributed by atoms with Crippen LogP contribution < -0.4 is 10.1 Å². The third-order valence-electron chi connectivity index (χ3n) is 2.86. The summed E-state index contributed by atoms with van der Waals surface area (Å²) in [5, 5.41) is 9.84. The number of aromatic amines is 1. The second kappa shape index (κ2) is 6.81. The van der Waals surface area contributed by atoms with Gasteiger partial charge in [-0.1, -0.05) is 15.9 Å². The van der Waals surface area contributed by atoms with Gasteiger partial charge in [0.15, 0.2) is 0 Å². The number of H-pyrrole nitrogens is 1. The number of nitrogens with zero attached hydrogens (tertiary/aromatic N) is 1. The molecule has 20 heavy (non-hydrogen) atoms. The van der Waals surface area contributed by atoms with Gasteiger partial charge in [-0.3, -0.25) is 5.10 Å². The average Bonchev–Trinajstić information content (AvgIpc) is 2.92. The molecule has 1 atom stereocenters. The van der Waals surface area contributed by atoms with E-state index in [9.17, 15) is 8.78 Å². The summed E-state index contributed by atoms with van der Waals surface area (Å²) in [6, 6.07) is 5.00. The summed E-state index contributed by atoms with van der Waals surface area (Å²) in [7, 11) is 0. The van der Waals surface area contributed by atoms with Crippen LogP contribution in [-0.4, -0.2) is 16.8 Å². The first kappa shape index (κ1) is 14.9. The van der Waals surface area contributed by atoms with E-state index in [2.05, 4.69) is 36.2 Å². The van der Waals surface area contributed by atoms with Gasteiger partial charge in [-0.15, -0.1) is 0 Å². The highest BCUT2D eigenvalue weighted by Crippen LogP contribution is 2.25. The van der Waals surface area contributed by atoms with Crippen LogP contribution in [0, 0.1) is 0 Å². The minimum Gasteiger partial charge on any atom is -0.434 e. The number of halogens is 3. The lowest BCUT2D eigenvalue weighted by Gasteiger charge is -2.15. The number of nitrogens with one attached hydrogen (secondary N) is 2. The molecule has 0 aliphatic heterocycles. The molecule has 1 aromatic heterocycles. The Kier molecular flexibility index (Phi) is 5.08. The molecule has 0 saturated carbocycles. The van der Waals surface area contributed by atoms with Gasteiger partial charge >= 0.3 is 6.61 Å². The van der Waals surface area contributed by atoms with E-state index < -0.39 is 6.61 Å². The number of rotatable bonds is 6. The number of aromatic nitrogens is 2. The predicted octanol–water partition coefficient (Wildman–Crippen LogP) is 3.62. The zero-order chi connectivity index (χ0) is 14.5. The smallest absolute Gasteiger partial charge is 0.387 e. The molecule has 0 aliphatic carbocycles. The minimum atomic E-state index is -2.83. The third kappa shape index (κ3) is 4.01. The largest absolute Gasteiger partial charge is 0.434 e. The number of benzene rings is 1. The van der Waals surface area contributed by atoms with Gasteiger partial charge < -0.3 is 10.1 Å². The van der Waals surface area contributed by atoms with E-state index in [1.54, 1.807) is 24.5 Å². The topological polar surface area (TPSA) is 49.9 Å². The molecule has 2 aromatic rings. The van der Waals surface area contributed by atoms with Gasteiger partial charge in [0.05, 0.1) is 6.20 Å². The van der Waals surface area contributed by atoms with Crippen molar-refractivity contribution in [3.05, 3.63) is 46.2 Å². The average molecular weight is 346 g/mol. The van der Waals surface area contributed by atoms with Crippen molar-refractivity contribution in [2.45, 2.75) is 26.1 Å². The summed E-state index contributed by atoms with van der Waals surface area (Å²) in [5.41, 5.74) is 1.66. The molecule has 0 amide bonds. The molecule has 1 aromatic carbocycles. The lowest BCUT2D eigenvalue weighted by Crippen LogP contribution is -2.18. The second-order valence-corrected chi connectivity index (χ2v) is 5.18. The maximum atomic E-state index is 12.4. The van der Waals surface area contributed by atoms with Crippen molar-refractivity contribution in [1.29, 1.82) is 0 Å². The lowest BCUT2D eigenvalue weighted by atomic mass is 10.1. The Morgan fingerprint density at radius 1 is 1.45 bits per heavy atom. The molecule has 4 nitrogen and oxygen atoms in total. The van der Waals surface area contributed by atoms with Crippen molar-refractivity contribution in [1.82, 2.24) is 15.5 Å². The van der Waals surface area contributed by atoms with E-state index in [4.69, 9.17) is 0 Å². The van der Waals surface area contributed by atoms with E-state index in [1.807, 2.05) is 6.92 Å². The zero-order valence-corrected chi connectivity index (χ0v) is 12.3. The van der Waals surface area contributed by atoms with Crippen molar-refractivity contribution in [3.8, 4) is 5.75 Å². The van der Waals surface area contributed by atoms with Crippen LogP contribution in [-0.2, 0) is 6.54 Å². The van der Waals surface area contributed by atoms with Crippen LogP contribution in [0.4, 0.5) is 8.78 Å². The molecule has 2 N–H and O–H groups in total. The van der Waals surface area contributed by atoms with Gasteiger partial charge in [-0.25, -0.2) is 0 Å². The predicted molar refractivity (Wildman–Crippen MR) is 74.6 cm³/mol. The first-order chi connectivity index (χ1) is 9.56. The zero-order valence-electron chi connectivity index (χ0n) is 10.7. The Hall–Kier alpha value is -1.47. The summed E-state index contributed by atoms with van der Waals surface area (Å²) in [6.45, 7) is -0.453. The van der Waals surface area contributed by atoms with E-state index >= 15 is 0 Å². The molecule has 1 heterocycles. The number of alkyl halides is 2. The summed E-state index contributed by atoms with van der Waals surface area (Å²) in [4.78, 5) is 0. The van der Waals surface area contributed by atoms with Crippen LogP contribution >= 0.6 is 15.9 Å². The summed E-state index contributed by atoms with van der Waals surface area (Å²) >= 11 is 3.32. The van der Waals surface area contributed by atoms with Crippen LogP contribution in [0.25, 0.3) is 0 Å². The molecule has 0 radical (unpaired) electrons. The molecule has 7 heteroatoms. The molecule has 0 spiro atoms. The summed E-state index contributed by atoms with van der Waals surface area (Å²) in [6.07, 6.45) is 3.50. The van der Waals surface area contributed by atoms with Gasteiger partial charge in [-0.05, 0) is 25.1 Å². The van der Waals surface area contributed by atoms with E-state index in [0.29, 0.717) is 12.1 Å². The van der Waals surface area contributed by atoms with E-state index in [1.165, 1.54) is 6.07 Å². The van der Waals surface area contributed by atoms with Crippen LogP contribution in [0.5, 0.6) is 5.75 Å². The molecule has 0 bridgehead atoms. The Balaban J connectivity index is 2.06. The minimum absolute atomic E-state index is 0.0483. The van der Waals surface area contributed by atoms with E-state index in [0.717, 1.165) is 10.0 Å². The summed E-state index contributed by atoms with van der Waals surface area (Å²) in [5.74, 6) is 0.176. The Labute approximate surface area is 123 Å². The van der Waals surface area contributed by atoms with Crippen LogP contribution in [0.3, 0.4) is 0 Å². The highest BCUT2D eigenvalue weighted by Gasteiger charge is 2.12. The number of ether oxygens (including phenoxy) is 1. The highest BCUT2D eigenvalue weighted by molar-refractivity contribution is 9.10. The van der Waals surface area contributed by atoms with Crippen molar-refractivity contribution < 1.29 is 13.5 Å². The third-order valence-corrected chi connectivity index (χ3v) is 3.35. The number of hydrogen-bond acceptors (Lipinski definition) is 3. The van der Waals surface area contributed by atoms with Crippen LogP contribution in [0.1, 0.15) is 24.1 Å². The fraction of sp³-hybridized carbons (Fsp3) is 0.308. The molecule has 0 saturated heterocycles. The van der Waals surface area contributed by atoms with Gasteiger partial charge in [-0.2, -0.15) is 13.9 Å². The fourth-order valence-corrected chi connectivity index (χ4v) is 2.18. The Bertz CT molecular complexity index is 549. The normalized spacial score (nSPS) is 12.7. The standard InChI is InChI=1S/C13H14BrF2N3O/c1-8(10-6-18-19-7-10)17-5-9-4-11(14)2-3-12(9)20-13(15)16/h2-4,6-8,13,17H,5H2,1H3,(H,18,19). The van der Waals surface area contributed by atoms with Crippen molar-refractivity contribution in [2.75, 3.05) is 0 Å². The maximum Gasteiger partial charge on any atom is 0.387 e. The lowest BCUT2D eigenvalue weighted by molar-refractivity contribution is -0.0505. The van der Waals surface area contributed by atoms with Crippen molar-refractivity contribution in [3.63, 3.8) is 0 Å². The molecule has 108 valence electrons. The molecule has 1 unspecified atom stereocenters. The van der Waals surface area contributed by atoms with Gasteiger partial charge in [0.1, 0.15) is 5.75 Å². The summed E-state index contributed by atoms with van der Waals surface area (Å²) < 4.78 is 30.0. The van der Waals surface area contributed by atoms with Crippen LogP contribution in [0.2, 0.25) is 0 Å². The molecular weight excluding hydrogens is 332 g/mol. The van der Waals surface area contributed by atoms with E-state index in [-0.39, 0.29) is 11.8 Å². The molecule has 2 rings (SSSR count). The first-order valence-electron chi connectivity index (χ1n) is 6.01. The van der Waals surface area contributed by atoms with Crippen molar-refractivity contribution in [2.24, 2.45) is 0 Å². The Morgan fingerprint density at radius 2 is 2.25 bits per heavy atom.